The molecule has 3 nitrogen and oxygen atoms in total. The Hall–Kier alpha value is -1.91. The molecule has 114 valence electrons. The molecule has 1 amide bonds. The van der Waals surface area contributed by atoms with Crippen molar-refractivity contribution in [3.05, 3.63) is 70.4 Å². The van der Waals surface area contributed by atoms with E-state index in [1.165, 1.54) is 16.0 Å². The minimum Gasteiger partial charge on any atom is -0.335 e. The van der Waals surface area contributed by atoms with Crippen molar-refractivity contribution in [2.45, 2.75) is 12.5 Å². The molecule has 1 aromatic carbocycles. The molecular formula is C18H21N2OS+. The minimum absolute atomic E-state index is 0.0563. The van der Waals surface area contributed by atoms with E-state index in [-0.39, 0.29) is 11.9 Å². The van der Waals surface area contributed by atoms with E-state index in [1.807, 2.05) is 34.5 Å². The fraction of sp³-hybridized carbons (Fsp3) is 0.278. The van der Waals surface area contributed by atoms with Gasteiger partial charge in [-0.15, -0.1) is 11.3 Å². The molecule has 1 aromatic heterocycles. The van der Waals surface area contributed by atoms with E-state index in [9.17, 15) is 4.79 Å². The highest BCUT2D eigenvalue weighted by Crippen LogP contribution is 2.37. The number of hydrogen-bond donors (Lipinski definition) is 1. The second kappa shape index (κ2) is 6.90. The van der Waals surface area contributed by atoms with E-state index >= 15 is 0 Å². The Morgan fingerprint density at radius 2 is 2.18 bits per heavy atom. The van der Waals surface area contributed by atoms with Crippen LogP contribution in [0.2, 0.25) is 0 Å². The van der Waals surface area contributed by atoms with Crippen molar-refractivity contribution in [2.75, 3.05) is 19.6 Å². The maximum Gasteiger partial charge on any atom is 0.278 e. The molecule has 22 heavy (non-hydrogen) atoms. The van der Waals surface area contributed by atoms with Crippen LogP contribution in [0.3, 0.4) is 0 Å². The highest BCUT2D eigenvalue weighted by molar-refractivity contribution is 7.10. The van der Waals surface area contributed by atoms with E-state index in [0.717, 1.165) is 19.5 Å². The minimum atomic E-state index is 0.0563. The largest absolute Gasteiger partial charge is 0.335 e. The molecule has 0 fully saturated rings. The van der Waals surface area contributed by atoms with Gasteiger partial charge in [-0.05, 0) is 35.1 Å². The molecule has 1 atom stereocenters. The van der Waals surface area contributed by atoms with E-state index < -0.39 is 0 Å². The zero-order valence-corrected chi connectivity index (χ0v) is 13.4. The predicted molar refractivity (Wildman–Crippen MR) is 89.9 cm³/mol. The quantitative estimate of drug-likeness (QED) is 0.665. The Morgan fingerprint density at radius 3 is 2.95 bits per heavy atom. The third-order valence-corrected chi connectivity index (χ3v) is 5.05. The van der Waals surface area contributed by atoms with Crippen LogP contribution in [0.5, 0.6) is 0 Å². The summed E-state index contributed by atoms with van der Waals surface area (Å²) < 4.78 is 0. The first-order valence-electron chi connectivity index (χ1n) is 7.64. The maximum absolute atomic E-state index is 12.7. The van der Waals surface area contributed by atoms with Crippen molar-refractivity contribution in [1.29, 1.82) is 0 Å². The van der Waals surface area contributed by atoms with Crippen LogP contribution >= 0.6 is 11.3 Å². The summed E-state index contributed by atoms with van der Waals surface area (Å²) in [6.07, 6.45) is 2.79. The van der Waals surface area contributed by atoms with Crippen molar-refractivity contribution >= 4 is 17.2 Å². The molecule has 0 saturated carbocycles. The molecule has 0 spiro atoms. The van der Waals surface area contributed by atoms with Gasteiger partial charge in [0, 0.05) is 11.4 Å². The van der Waals surface area contributed by atoms with E-state index in [4.69, 9.17) is 0 Å². The van der Waals surface area contributed by atoms with Gasteiger partial charge in [-0.1, -0.05) is 36.9 Å². The number of rotatable bonds is 5. The summed E-state index contributed by atoms with van der Waals surface area (Å²) in [7, 11) is 0. The van der Waals surface area contributed by atoms with Gasteiger partial charge in [0.2, 0.25) is 0 Å². The van der Waals surface area contributed by atoms with E-state index in [0.29, 0.717) is 6.54 Å². The summed E-state index contributed by atoms with van der Waals surface area (Å²) in [4.78, 5) is 16.1. The van der Waals surface area contributed by atoms with E-state index in [1.54, 1.807) is 11.3 Å². The predicted octanol–water partition coefficient (Wildman–Crippen LogP) is 1.97. The molecular weight excluding hydrogens is 292 g/mol. The number of quaternary nitrogens is 1. The lowest BCUT2D eigenvalue weighted by molar-refractivity contribution is -0.635. The summed E-state index contributed by atoms with van der Waals surface area (Å²) >= 11 is 1.80. The molecule has 1 aliphatic rings. The zero-order chi connectivity index (χ0) is 15.4. The summed E-state index contributed by atoms with van der Waals surface area (Å²) in [6, 6.07) is 12.6. The number of carbonyl (C=O) groups excluding carboxylic acids is 1. The van der Waals surface area contributed by atoms with E-state index in [2.05, 4.69) is 30.2 Å². The number of benzene rings is 1. The number of fused-ring (bicyclic) bond motifs is 1. The molecule has 3 rings (SSSR count). The van der Waals surface area contributed by atoms with Gasteiger partial charge in [0.1, 0.15) is 0 Å². The third-order valence-electron chi connectivity index (χ3n) is 4.05. The number of carbonyl (C=O) groups is 1. The maximum atomic E-state index is 12.7. The monoisotopic (exact) mass is 313 g/mol. The van der Waals surface area contributed by atoms with Crippen molar-refractivity contribution in [1.82, 2.24) is 4.90 Å². The smallest absolute Gasteiger partial charge is 0.278 e. The van der Waals surface area contributed by atoms with Gasteiger partial charge in [-0.3, -0.25) is 4.79 Å². The second-order valence-electron chi connectivity index (χ2n) is 5.47. The Kier molecular flexibility index (Phi) is 4.71. The Balaban J connectivity index is 1.89. The topological polar surface area (TPSA) is 36.9 Å². The summed E-state index contributed by atoms with van der Waals surface area (Å²) in [6.45, 7) is 5.76. The summed E-state index contributed by atoms with van der Waals surface area (Å²) in [5.74, 6) is 0.201. The molecule has 0 radical (unpaired) electrons. The molecule has 4 heteroatoms. The van der Waals surface area contributed by atoms with Crippen molar-refractivity contribution in [3.8, 4) is 0 Å². The average Bonchev–Trinajstić information content (AvgIpc) is 3.03. The van der Waals surface area contributed by atoms with Crippen LogP contribution in [0.1, 0.15) is 22.0 Å². The summed E-state index contributed by atoms with van der Waals surface area (Å²) in [5.41, 5.74) is 2.48. The van der Waals surface area contributed by atoms with Crippen LogP contribution < -0.4 is 5.32 Å². The van der Waals surface area contributed by atoms with Crippen LogP contribution in [0.4, 0.5) is 0 Å². The lowest BCUT2D eigenvalue weighted by atomic mass is 9.93. The normalized spacial score (nSPS) is 17.1. The van der Waals surface area contributed by atoms with Crippen molar-refractivity contribution in [2.24, 2.45) is 0 Å². The zero-order valence-electron chi connectivity index (χ0n) is 12.6. The molecule has 1 aliphatic heterocycles. The van der Waals surface area contributed by atoms with Crippen LogP contribution in [-0.4, -0.2) is 30.4 Å². The van der Waals surface area contributed by atoms with Gasteiger partial charge in [0.05, 0.1) is 12.6 Å². The summed E-state index contributed by atoms with van der Waals surface area (Å²) in [5, 5.41) is 4.14. The first-order chi connectivity index (χ1) is 10.8. The Morgan fingerprint density at radius 1 is 1.36 bits per heavy atom. The molecule has 0 unspecified atom stereocenters. The molecule has 0 saturated heterocycles. The Bertz CT molecular complexity index is 650. The van der Waals surface area contributed by atoms with Crippen LogP contribution in [0, 0.1) is 0 Å². The number of hydrogen-bond acceptors (Lipinski definition) is 2. The molecule has 2 aromatic rings. The van der Waals surface area contributed by atoms with Gasteiger partial charge in [0.25, 0.3) is 5.91 Å². The van der Waals surface area contributed by atoms with Crippen molar-refractivity contribution < 1.29 is 10.1 Å². The molecule has 2 heterocycles. The standard InChI is InChI=1S/C18H20N2OS/c1-2-10-19-13-17(21)20-11-8-16-15(9-12-22-16)18(20)14-6-4-3-5-7-14/h2-7,9,12,18-19H,1,8,10-11,13H2/p+1/t18-/m1/s1. The van der Waals surface area contributed by atoms with Gasteiger partial charge >= 0.3 is 0 Å². The third kappa shape index (κ3) is 2.98. The van der Waals surface area contributed by atoms with Gasteiger partial charge in [-0.25, -0.2) is 0 Å². The highest BCUT2D eigenvalue weighted by atomic mass is 32.1. The fourth-order valence-corrected chi connectivity index (χ4v) is 3.93. The first-order valence-corrected chi connectivity index (χ1v) is 8.52. The highest BCUT2D eigenvalue weighted by Gasteiger charge is 2.32. The lowest BCUT2D eigenvalue weighted by Crippen LogP contribution is -2.86. The number of amides is 1. The number of nitrogens with two attached hydrogens (primary N) is 1. The molecule has 0 bridgehead atoms. The van der Waals surface area contributed by atoms with Crippen LogP contribution in [-0.2, 0) is 11.2 Å². The number of thiophene rings is 1. The first kappa shape index (κ1) is 15.0. The van der Waals surface area contributed by atoms with Crippen molar-refractivity contribution in [3.63, 3.8) is 0 Å². The Labute approximate surface area is 135 Å². The fourth-order valence-electron chi connectivity index (χ4n) is 3.02. The SMILES string of the molecule is C=CC[NH2+]CC(=O)N1CCc2sccc2[C@H]1c1ccccc1. The second-order valence-corrected chi connectivity index (χ2v) is 6.47. The number of nitrogens with zero attached hydrogens (tertiary/aromatic N) is 1. The van der Waals surface area contributed by atoms with Gasteiger partial charge in [0.15, 0.2) is 6.54 Å². The van der Waals surface area contributed by atoms with Crippen LogP contribution in [0.25, 0.3) is 0 Å². The molecule has 2 N–H and O–H groups in total. The van der Waals surface area contributed by atoms with Crippen LogP contribution in [0.15, 0.2) is 54.4 Å². The lowest BCUT2D eigenvalue weighted by Gasteiger charge is -2.36. The molecule has 0 aliphatic carbocycles. The van der Waals surface area contributed by atoms with Gasteiger partial charge < -0.3 is 10.2 Å². The van der Waals surface area contributed by atoms with Gasteiger partial charge in [-0.2, -0.15) is 0 Å². The average molecular weight is 313 g/mol.